The Labute approximate surface area is 176 Å². The van der Waals surface area contributed by atoms with Gasteiger partial charge < -0.3 is 20.1 Å². The van der Waals surface area contributed by atoms with Crippen LogP contribution in [0.1, 0.15) is 32.8 Å². The Morgan fingerprint density at radius 2 is 1.70 bits per heavy atom. The van der Waals surface area contributed by atoms with Gasteiger partial charge in [0.15, 0.2) is 17.5 Å². The van der Waals surface area contributed by atoms with E-state index in [1.165, 1.54) is 0 Å². The fraction of sp³-hybridized carbons (Fsp3) is 0.611. The molecule has 1 rings (SSSR count). The van der Waals surface area contributed by atoms with Crippen molar-refractivity contribution in [2.24, 2.45) is 4.99 Å². The molecule has 5 nitrogen and oxygen atoms in total. The lowest BCUT2D eigenvalue weighted by Gasteiger charge is -2.25. The maximum Gasteiger partial charge on any atom is 0.390 e. The van der Waals surface area contributed by atoms with E-state index < -0.39 is 12.6 Å². The molecule has 2 N–H and O–H groups in total. The normalized spacial score (nSPS) is 12.2. The van der Waals surface area contributed by atoms with E-state index in [1.54, 1.807) is 14.2 Å². The second-order valence-electron chi connectivity index (χ2n) is 6.44. The summed E-state index contributed by atoms with van der Waals surface area (Å²) in [5, 5.41) is 5.68. The number of rotatable bonds is 8. The molecular formula is C18H29F3IN3O2. The summed E-state index contributed by atoms with van der Waals surface area (Å²) in [6, 6.07) is 5.64. The summed E-state index contributed by atoms with van der Waals surface area (Å²) in [6.07, 6.45) is -5.10. The molecule has 9 heteroatoms. The number of nitrogens with zero attached hydrogens (tertiary/aromatic N) is 1. The van der Waals surface area contributed by atoms with Gasteiger partial charge in [-0.2, -0.15) is 13.2 Å². The molecule has 0 unspecified atom stereocenters. The van der Waals surface area contributed by atoms with Gasteiger partial charge in [-0.25, -0.2) is 0 Å². The molecule has 0 saturated carbocycles. The van der Waals surface area contributed by atoms with E-state index in [2.05, 4.69) is 15.6 Å². The van der Waals surface area contributed by atoms with Crippen molar-refractivity contribution in [1.82, 2.24) is 10.6 Å². The largest absolute Gasteiger partial charge is 0.493 e. The van der Waals surface area contributed by atoms with Crippen molar-refractivity contribution < 1.29 is 22.6 Å². The molecule has 0 saturated heterocycles. The Kier molecular flexibility index (Phi) is 10.9. The van der Waals surface area contributed by atoms with E-state index in [4.69, 9.17) is 9.47 Å². The zero-order chi connectivity index (χ0) is 19.8. The van der Waals surface area contributed by atoms with Gasteiger partial charge in [0, 0.05) is 18.5 Å². The summed E-state index contributed by atoms with van der Waals surface area (Å²) >= 11 is 0. The molecule has 1 aromatic rings. The third-order valence-electron chi connectivity index (χ3n) is 3.84. The van der Waals surface area contributed by atoms with Crippen LogP contribution in [0.2, 0.25) is 0 Å². The van der Waals surface area contributed by atoms with Gasteiger partial charge in [0.05, 0.1) is 27.2 Å². The molecule has 0 amide bonds. The maximum atomic E-state index is 12.3. The summed E-state index contributed by atoms with van der Waals surface area (Å²) in [5.74, 6) is 1.63. The van der Waals surface area contributed by atoms with Crippen molar-refractivity contribution in [3.63, 3.8) is 0 Å². The molecule has 0 aromatic heterocycles. The molecule has 0 fully saturated rings. The molecule has 27 heavy (non-hydrogen) atoms. The highest BCUT2D eigenvalue weighted by Gasteiger charge is 2.26. The monoisotopic (exact) mass is 503 g/mol. The number of benzene rings is 1. The van der Waals surface area contributed by atoms with Crippen molar-refractivity contribution in [2.45, 2.75) is 38.8 Å². The molecule has 156 valence electrons. The molecule has 0 radical (unpaired) electrons. The molecule has 0 bridgehead atoms. The number of aliphatic imine (C=N–C) groups is 1. The molecule has 0 aliphatic rings. The van der Waals surface area contributed by atoms with Crippen molar-refractivity contribution in [3.05, 3.63) is 23.8 Å². The van der Waals surface area contributed by atoms with Crippen LogP contribution < -0.4 is 20.1 Å². The van der Waals surface area contributed by atoms with Crippen LogP contribution in [0.25, 0.3) is 0 Å². The van der Waals surface area contributed by atoms with Gasteiger partial charge in [-0.3, -0.25) is 4.99 Å². The maximum absolute atomic E-state index is 12.3. The minimum Gasteiger partial charge on any atom is -0.493 e. The van der Waals surface area contributed by atoms with Gasteiger partial charge >= 0.3 is 6.18 Å². The van der Waals surface area contributed by atoms with Crippen LogP contribution >= 0.6 is 24.0 Å². The average Bonchev–Trinajstić information content (AvgIpc) is 2.58. The lowest BCUT2D eigenvalue weighted by molar-refractivity contribution is -0.132. The van der Waals surface area contributed by atoms with Crippen molar-refractivity contribution in [3.8, 4) is 11.5 Å². The predicted molar refractivity (Wildman–Crippen MR) is 113 cm³/mol. The lowest BCUT2D eigenvalue weighted by Crippen LogP contribution is -2.40. The summed E-state index contributed by atoms with van der Waals surface area (Å²) in [7, 11) is 3.14. The first-order valence-corrected chi connectivity index (χ1v) is 8.44. The third-order valence-corrected chi connectivity index (χ3v) is 3.84. The predicted octanol–water partition coefficient (Wildman–Crippen LogP) is 4.11. The molecule has 0 aliphatic carbocycles. The number of methoxy groups -OCH3 is 2. The number of hydrogen-bond acceptors (Lipinski definition) is 3. The number of hydrogen-bond donors (Lipinski definition) is 2. The van der Waals surface area contributed by atoms with Crippen LogP contribution in [0.4, 0.5) is 13.2 Å². The van der Waals surface area contributed by atoms with E-state index in [1.807, 2.05) is 39.0 Å². The highest BCUT2D eigenvalue weighted by atomic mass is 127. The highest BCUT2D eigenvalue weighted by Crippen LogP contribution is 2.33. The second kappa shape index (κ2) is 11.5. The number of alkyl halides is 3. The Morgan fingerprint density at radius 3 is 2.22 bits per heavy atom. The van der Waals surface area contributed by atoms with Gasteiger partial charge in [0.25, 0.3) is 0 Å². The van der Waals surface area contributed by atoms with Crippen LogP contribution in [-0.2, 0) is 5.41 Å². The van der Waals surface area contributed by atoms with E-state index in [9.17, 15) is 13.2 Å². The minimum atomic E-state index is -4.19. The Morgan fingerprint density at radius 1 is 1.07 bits per heavy atom. The van der Waals surface area contributed by atoms with Gasteiger partial charge in [-0.15, -0.1) is 24.0 Å². The quantitative estimate of drug-likeness (QED) is 0.319. The molecular weight excluding hydrogens is 474 g/mol. The minimum absolute atomic E-state index is 0. The van der Waals surface area contributed by atoms with E-state index >= 15 is 0 Å². The topological polar surface area (TPSA) is 54.9 Å². The summed E-state index contributed by atoms with van der Waals surface area (Å²) in [6.45, 7) is 6.62. The van der Waals surface area contributed by atoms with E-state index in [0.717, 1.165) is 5.56 Å². The summed E-state index contributed by atoms with van der Waals surface area (Å²) in [4.78, 5) is 4.43. The zero-order valence-electron chi connectivity index (χ0n) is 16.4. The fourth-order valence-corrected chi connectivity index (χ4v) is 2.29. The number of guanidine groups is 1. The van der Waals surface area contributed by atoms with E-state index in [0.29, 0.717) is 30.5 Å². The average molecular weight is 503 g/mol. The van der Waals surface area contributed by atoms with Gasteiger partial charge in [-0.05, 0) is 24.6 Å². The molecule has 0 aliphatic heterocycles. The number of ether oxygens (including phenoxy) is 2. The van der Waals surface area contributed by atoms with Gasteiger partial charge in [-0.1, -0.05) is 19.9 Å². The second-order valence-corrected chi connectivity index (χ2v) is 6.44. The summed E-state index contributed by atoms with van der Waals surface area (Å²) < 4.78 is 47.5. The Bertz CT molecular complexity index is 608. The summed E-state index contributed by atoms with van der Waals surface area (Å²) in [5.41, 5.74) is 0.649. The first kappa shape index (κ1) is 25.6. The highest BCUT2D eigenvalue weighted by molar-refractivity contribution is 14.0. The van der Waals surface area contributed by atoms with Crippen LogP contribution in [0.3, 0.4) is 0 Å². The van der Waals surface area contributed by atoms with Crippen molar-refractivity contribution in [1.29, 1.82) is 0 Å². The number of nitrogens with one attached hydrogen (secondary N) is 2. The Balaban J connectivity index is 0.00000676. The number of halogens is 4. The van der Waals surface area contributed by atoms with Crippen LogP contribution in [0.5, 0.6) is 11.5 Å². The smallest absolute Gasteiger partial charge is 0.390 e. The van der Waals surface area contributed by atoms with Crippen molar-refractivity contribution in [2.75, 3.05) is 33.9 Å². The molecule has 0 heterocycles. The fourth-order valence-electron chi connectivity index (χ4n) is 2.29. The first-order chi connectivity index (χ1) is 12.1. The first-order valence-electron chi connectivity index (χ1n) is 8.44. The lowest BCUT2D eigenvalue weighted by atomic mass is 9.84. The van der Waals surface area contributed by atoms with Crippen molar-refractivity contribution >= 4 is 29.9 Å². The molecule has 0 spiro atoms. The third kappa shape index (κ3) is 8.89. The van der Waals surface area contributed by atoms with Gasteiger partial charge in [0.1, 0.15) is 0 Å². The van der Waals surface area contributed by atoms with E-state index in [-0.39, 0.29) is 35.9 Å². The van der Waals surface area contributed by atoms with Crippen LogP contribution in [0, 0.1) is 0 Å². The van der Waals surface area contributed by atoms with Crippen LogP contribution in [0.15, 0.2) is 23.2 Å². The van der Waals surface area contributed by atoms with Gasteiger partial charge in [0.2, 0.25) is 0 Å². The molecule has 1 aromatic carbocycles. The zero-order valence-corrected chi connectivity index (χ0v) is 18.7. The standard InChI is InChI=1S/C18H28F3N3O2.HI/c1-6-22-16(23-10-9-18(19,20)21)24-12-17(2,3)13-7-8-14(25-4)15(11-13)26-5;/h7-8,11H,6,9-10,12H2,1-5H3,(H2,22,23,24);1H. The SMILES string of the molecule is CCNC(=NCC(C)(C)c1ccc(OC)c(OC)c1)NCCC(F)(F)F.I. The Hall–Kier alpha value is -1.39. The van der Waals surface area contributed by atoms with Crippen LogP contribution in [-0.4, -0.2) is 46.0 Å². The molecule has 0 atom stereocenters.